The Balaban J connectivity index is 1.71. The third-order valence-electron chi connectivity index (χ3n) is 6.42. The molecule has 1 aromatic heterocycles. The molecule has 32 heavy (non-hydrogen) atoms. The van der Waals surface area contributed by atoms with Crippen molar-refractivity contribution in [1.29, 1.82) is 0 Å². The van der Waals surface area contributed by atoms with Gasteiger partial charge < -0.3 is 9.52 Å². The van der Waals surface area contributed by atoms with Crippen LogP contribution in [0.25, 0.3) is 6.08 Å². The van der Waals surface area contributed by atoms with Gasteiger partial charge in [0, 0.05) is 18.7 Å². The van der Waals surface area contributed by atoms with E-state index in [1.54, 1.807) is 12.5 Å². The summed E-state index contributed by atoms with van der Waals surface area (Å²) in [5.41, 5.74) is 5.17. The average Bonchev–Trinajstić information content (AvgIpc) is 3.37. The van der Waals surface area contributed by atoms with Crippen LogP contribution >= 0.6 is 0 Å². The Morgan fingerprint density at radius 1 is 0.781 bits per heavy atom. The molecule has 0 bridgehead atoms. The molecule has 0 aliphatic carbocycles. The van der Waals surface area contributed by atoms with Crippen LogP contribution in [0.15, 0.2) is 120 Å². The maximum atomic E-state index is 10.8. The van der Waals surface area contributed by atoms with E-state index < -0.39 is 11.6 Å². The van der Waals surface area contributed by atoms with Crippen molar-refractivity contribution in [3.05, 3.63) is 137 Å². The van der Waals surface area contributed by atoms with Crippen LogP contribution in [-0.4, -0.2) is 29.2 Å². The van der Waals surface area contributed by atoms with Crippen molar-refractivity contribution in [2.24, 2.45) is 0 Å². The molecule has 4 aromatic rings. The topological polar surface area (TPSA) is 36.6 Å². The van der Waals surface area contributed by atoms with E-state index >= 15 is 0 Å². The molecule has 3 heteroatoms. The summed E-state index contributed by atoms with van der Waals surface area (Å²) in [5.74, 6) is 0. The van der Waals surface area contributed by atoms with E-state index in [0.717, 1.165) is 17.7 Å². The molecule has 3 nitrogen and oxygen atoms in total. The van der Waals surface area contributed by atoms with Crippen LogP contribution in [0.5, 0.6) is 0 Å². The molecule has 1 aliphatic heterocycles. The second kappa shape index (κ2) is 8.99. The Kier molecular flexibility index (Phi) is 5.76. The molecule has 2 heterocycles. The van der Waals surface area contributed by atoms with Crippen molar-refractivity contribution in [3.63, 3.8) is 0 Å². The number of hydrogen-bond acceptors (Lipinski definition) is 3. The van der Waals surface area contributed by atoms with Gasteiger partial charge in [-0.2, -0.15) is 0 Å². The molecule has 1 atom stereocenters. The molecule has 160 valence electrons. The van der Waals surface area contributed by atoms with E-state index in [4.69, 9.17) is 4.42 Å². The highest BCUT2D eigenvalue weighted by molar-refractivity contribution is 5.55. The lowest BCUT2D eigenvalue weighted by molar-refractivity contribution is 0.0872. The van der Waals surface area contributed by atoms with Gasteiger partial charge in [-0.25, -0.2) is 0 Å². The predicted octanol–water partition coefficient (Wildman–Crippen LogP) is 5.72. The van der Waals surface area contributed by atoms with Crippen LogP contribution < -0.4 is 0 Å². The van der Waals surface area contributed by atoms with Gasteiger partial charge in [0.1, 0.15) is 0 Å². The van der Waals surface area contributed by atoms with Gasteiger partial charge in [-0.15, -0.1) is 0 Å². The summed E-state index contributed by atoms with van der Waals surface area (Å²) in [7, 11) is 0. The summed E-state index contributed by atoms with van der Waals surface area (Å²) in [4.78, 5) is 2.51. The number of piperidine rings is 1. The number of hydrogen-bond donors (Lipinski definition) is 1. The summed E-state index contributed by atoms with van der Waals surface area (Å²) in [5, 5.41) is 10.8. The third-order valence-corrected chi connectivity index (χ3v) is 6.42. The number of likely N-dealkylation sites (tertiary alicyclic amines) is 1. The molecule has 1 N–H and O–H groups in total. The van der Waals surface area contributed by atoms with Crippen molar-refractivity contribution in [2.45, 2.75) is 18.1 Å². The van der Waals surface area contributed by atoms with Gasteiger partial charge in [0.05, 0.1) is 24.2 Å². The summed E-state index contributed by atoms with van der Waals surface area (Å²) in [6.45, 7) is 1.44. The minimum Gasteiger partial charge on any atom is -0.472 e. The van der Waals surface area contributed by atoms with Crippen LogP contribution in [0.3, 0.4) is 0 Å². The Hall–Kier alpha value is -3.40. The lowest BCUT2D eigenvalue weighted by atomic mass is 9.74. The smallest absolute Gasteiger partial charge is 0.0975 e. The Bertz CT molecular complexity index is 1060. The van der Waals surface area contributed by atoms with Crippen molar-refractivity contribution >= 4 is 6.08 Å². The molecule has 5 rings (SSSR count). The fraction of sp³-hybridized carbons (Fsp3) is 0.172. The molecular weight excluding hydrogens is 394 g/mol. The number of benzene rings is 3. The Morgan fingerprint density at radius 2 is 1.31 bits per heavy atom. The van der Waals surface area contributed by atoms with Gasteiger partial charge >= 0.3 is 0 Å². The van der Waals surface area contributed by atoms with Gasteiger partial charge in [-0.05, 0) is 40.8 Å². The van der Waals surface area contributed by atoms with E-state index in [9.17, 15) is 5.11 Å². The fourth-order valence-electron chi connectivity index (χ4n) is 4.95. The van der Waals surface area contributed by atoms with Crippen molar-refractivity contribution in [2.75, 3.05) is 13.1 Å². The highest BCUT2D eigenvalue weighted by Gasteiger charge is 2.44. The Morgan fingerprint density at radius 3 is 1.78 bits per heavy atom. The van der Waals surface area contributed by atoms with Crippen LogP contribution in [-0.2, 0) is 5.54 Å². The molecule has 0 saturated carbocycles. The lowest BCUT2D eigenvalue weighted by Crippen LogP contribution is -2.52. The quantitative estimate of drug-likeness (QED) is 0.419. The monoisotopic (exact) mass is 421 g/mol. The largest absolute Gasteiger partial charge is 0.472 e. The normalized spacial score (nSPS) is 18.7. The molecule has 1 fully saturated rings. The van der Waals surface area contributed by atoms with Crippen molar-refractivity contribution in [1.82, 2.24) is 4.90 Å². The number of rotatable bonds is 5. The van der Waals surface area contributed by atoms with E-state index in [1.165, 1.54) is 16.7 Å². The molecule has 3 aromatic carbocycles. The van der Waals surface area contributed by atoms with Gasteiger partial charge in [-0.1, -0.05) is 91.0 Å². The molecule has 0 amide bonds. The third kappa shape index (κ3) is 3.70. The average molecular weight is 422 g/mol. The van der Waals surface area contributed by atoms with Gasteiger partial charge in [0.25, 0.3) is 0 Å². The standard InChI is InChI=1S/C29H27NO2/c31-28-16-18-30(21-24(28)20-23-17-19-32-22-23)29(25-10-4-1-5-11-25,26-12-6-2-7-13-26)27-14-8-3-9-15-27/h1-15,17,19-20,22,28,31H,16,18,21H2/b24-20-. The Labute approximate surface area is 189 Å². The highest BCUT2D eigenvalue weighted by Crippen LogP contribution is 2.44. The first kappa shape index (κ1) is 20.5. The van der Waals surface area contributed by atoms with Crippen LogP contribution in [0, 0.1) is 0 Å². The lowest BCUT2D eigenvalue weighted by Gasteiger charge is -2.48. The number of nitrogens with zero attached hydrogens (tertiary/aromatic N) is 1. The molecule has 1 saturated heterocycles. The maximum absolute atomic E-state index is 10.8. The first-order valence-electron chi connectivity index (χ1n) is 11.1. The van der Waals surface area contributed by atoms with Gasteiger partial charge in [0.2, 0.25) is 0 Å². The SMILES string of the molecule is OC1CCN(C(c2ccccc2)(c2ccccc2)c2ccccc2)C/C1=C/c1ccoc1. The molecular formula is C29H27NO2. The zero-order valence-corrected chi connectivity index (χ0v) is 18.0. The highest BCUT2D eigenvalue weighted by atomic mass is 16.3. The summed E-state index contributed by atoms with van der Waals surface area (Å²) in [6, 6.07) is 34.0. The van der Waals surface area contributed by atoms with E-state index in [2.05, 4.69) is 102 Å². The molecule has 0 spiro atoms. The molecule has 0 radical (unpaired) electrons. The first-order chi connectivity index (χ1) is 15.8. The van der Waals surface area contributed by atoms with Crippen LogP contribution in [0.4, 0.5) is 0 Å². The summed E-state index contributed by atoms with van der Waals surface area (Å²) < 4.78 is 5.25. The molecule has 1 aliphatic rings. The van der Waals surface area contributed by atoms with E-state index in [1.807, 2.05) is 6.07 Å². The van der Waals surface area contributed by atoms with E-state index in [0.29, 0.717) is 13.0 Å². The zero-order valence-electron chi connectivity index (χ0n) is 18.0. The second-order valence-corrected chi connectivity index (χ2v) is 8.31. The zero-order chi connectivity index (χ0) is 21.8. The van der Waals surface area contributed by atoms with Crippen LogP contribution in [0.1, 0.15) is 28.7 Å². The number of aliphatic hydroxyl groups excluding tert-OH is 1. The minimum absolute atomic E-state index is 0.457. The molecule has 1 unspecified atom stereocenters. The second-order valence-electron chi connectivity index (χ2n) is 8.31. The summed E-state index contributed by atoms with van der Waals surface area (Å²) in [6.07, 6.45) is 5.67. The maximum Gasteiger partial charge on any atom is 0.0975 e. The van der Waals surface area contributed by atoms with Gasteiger partial charge in [0.15, 0.2) is 0 Å². The van der Waals surface area contributed by atoms with Gasteiger partial charge in [-0.3, -0.25) is 4.90 Å². The van der Waals surface area contributed by atoms with Crippen LogP contribution in [0.2, 0.25) is 0 Å². The van der Waals surface area contributed by atoms with Crippen molar-refractivity contribution < 1.29 is 9.52 Å². The van der Waals surface area contributed by atoms with Crippen molar-refractivity contribution in [3.8, 4) is 0 Å². The fourth-order valence-corrected chi connectivity index (χ4v) is 4.95. The number of aliphatic hydroxyl groups is 1. The summed E-state index contributed by atoms with van der Waals surface area (Å²) >= 11 is 0. The number of furan rings is 1. The first-order valence-corrected chi connectivity index (χ1v) is 11.1. The minimum atomic E-state index is -0.473. The predicted molar refractivity (Wildman–Crippen MR) is 128 cm³/mol. The van der Waals surface area contributed by atoms with E-state index in [-0.39, 0.29) is 0 Å².